The molecule has 0 radical (unpaired) electrons. The van der Waals surface area contributed by atoms with Crippen molar-refractivity contribution in [3.63, 3.8) is 0 Å². The number of nitrogens with one attached hydrogen (secondary N) is 1. The minimum atomic E-state index is -3.30. The van der Waals surface area contributed by atoms with Gasteiger partial charge in [-0.2, -0.15) is 0 Å². The number of rotatable bonds is 4. The molecule has 0 aliphatic carbocycles. The lowest BCUT2D eigenvalue weighted by molar-refractivity contribution is 0.0924. The van der Waals surface area contributed by atoms with E-state index in [9.17, 15) is 13.2 Å². The average molecular weight is 354 g/mol. The lowest BCUT2D eigenvalue weighted by Gasteiger charge is -2.19. The maximum absolute atomic E-state index is 12.2. The molecule has 1 aromatic carbocycles. The van der Waals surface area contributed by atoms with Crippen LogP contribution in [-0.4, -0.2) is 32.7 Å². The summed E-state index contributed by atoms with van der Waals surface area (Å²) >= 11 is 1.40. The van der Waals surface area contributed by atoms with E-state index in [0.717, 1.165) is 10.1 Å². The molecule has 126 valence electrons. The van der Waals surface area contributed by atoms with Crippen LogP contribution in [-0.2, 0) is 10.0 Å². The van der Waals surface area contributed by atoms with Crippen LogP contribution in [0.3, 0.4) is 0 Å². The molecule has 5 nitrogen and oxygen atoms in total. The first kappa shape index (κ1) is 17.7. The van der Waals surface area contributed by atoms with Crippen LogP contribution < -0.4 is 9.62 Å². The van der Waals surface area contributed by atoms with Crippen molar-refractivity contribution in [2.75, 3.05) is 17.1 Å². The molecule has 0 saturated carbocycles. The van der Waals surface area contributed by atoms with Gasteiger partial charge in [0.25, 0.3) is 5.91 Å². The fraction of sp³-hybridized carbons (Fsp3) is 0.438. The molecule has 0 saturated heterocycles. The van der Waals surface area contributed by atoms with E-state index in [4.69, 9.17) is 0 Å². The van der Waals surface area contributed by atoms with Crippen molar-refractivity contribution in [2.24, 2.45) is 0 Å². The summed E-state index contributed by atoms with van der Waals surface area (Å²) in [6, 6.07) is 7.21. The maximum Gasteiger partial charge on any atom is 0.261 e. The van der Waals surface area contributed by atoms with Crippen LogP contribution in [0.25, 0.3) is 10.1 Å². The average Bonchev–Trinajstić information content (AvgIpc) is 2.87. The first-order valence-corrected chi connectivity index (χ1v) is 9.79. The highest BCUT2D eigenvalue weighted by Gasteiger charge is 2.19. The third kappa shape index (κ3) is 4.03. The Hall–Kier alpha value is -1.60. The van der Waals surface area contributed by atoms with Crippen LogP contribution in [0.2, 0.25) is 0 Å². The number of thiophene rings is 1. The van der Waals surface area contributed by atoms with Gasteiger partial charge in [0, 0.05) is 17.3 Å². The van der Waals surface area contributed by atoms with E-state index < -0.39 is 10.0 Å². The molecule has 0 aliphatic rings. The Bertz CT molecular complexity index is 833. The summed E-state index contributed by atoms with van der Waals surface area (Å²) in [4.78, 5) is 12.9. The third-order valence-corrected chi connectivity index (χ3v) is 6.25. The molecule has 0 bridgehead atoms. The molecule has 1 aromatic heterocycles. The zero-order valence-electron chi connectivity index (χ0n) is 14.0. The van der Waals surface area contributed by atoms with Crippen LogP contribution >= 0.6 is 11.3 Å². The lowest BCUT2D eigenvalue weighted by Crippen LogP contribution is -2.40. The van der Waals surface area contributed by atoms with Crippen molar-refractivity contribution in [3.8, 4) is 0 Å². The zero-order valence-corrected chi connectivity index (χ0v) is 15.6. The number of amides is 1. The van der Waals surface area contributed by atoms with Gasteiger partial charge in [0.1, 0.15) is 0 Å². The lowest BCUT2D eigenvalue weighted by atomic mass is 10.1. The molecule has 0 aliphatic heterocycles. The monoisotopic (exact) mass is 354 g/mol. The summed E-state index contributed by atoms with van der Waals surface area (Å²) < 4.78 is 26.2. The molecule has 2 rings (SSSR count). The van der Waals surface area contributed by atoms with Gasteiger partial charge in [-0.05, 0) is 57.3 Å². The second kappa shape index (κ2) is 6.13. The maximum atomic E-state index is 12.2. The second-order valence-corrected chi connectivity index (χ2v) is 9.78. The molecule has 0 fully saturated rings. The second-order valence-electron chi connectivity index (χ2n) is 6.40. The van der Waals surface area contributed by atoms with Gasteiger partial charge in [0.2, 0.25) is 10.0 Å². The Morgan fingerprint density at radius 3 is 2.48 bits per heavy atom. The number of carbonyl (C=O) groups is 1. The topological polar surface area (TPSA) is 66.5 Å². The quantitative estimate of drug-likeness (QED) is 0.917. The summed E-state index contributed by atoms with van der Waals surface area (Å²) in [5, 5.41) is 3.80. The fourth-order valence-electron chi connectivity index (χ4n) is 2.09. The highest BCUT2D eigenvalue weighted by molar-refractivity contribution is 7.92. The first-order valence-electron chi connectivity index (χ1n) is 7.36. The first-order chi connectivity index (χ1) is 10.5. The Labute approximate surface area is 141 Å². The predicted octanol–water partition coefficient (Wildman–Crippen LogP) is 3.22. The highest BCUT2D eigenvalue weighted by atomic mass is 32.2. The zero-order chi connectivity index (χ0) is 17.4. The van der Waals surface area contributed by atoms with Crippen molar-refractivity contribution in [2.45, 2.75) is 33.2 Å². The summed E-state index contributed by atoms with van der Waals surface area (Å²) in [5.41, 5.74) is 0.299. The van der Waals surface area contributed by atoms with Crippen molar-refractivity contribution < 1.29 is 13.2 Å². The van der Waals surface area contributed by atoms with Crippen LogP contribution in [0.5, 0.6) is 0 Å². The number of carbonyl (C=O) groups excluding carboxylic acids is 1. The van der Waals surface area contributed by atoms with Crippen LogP contribution in [0, 0.1) is 0 Å². The van der Waals surface area contributed by atoms with Gasteiger partial charge in [-0.1, -0.05) is 0 Å². The number of hydrogen-bond acceptors (Lipinski definition) is 4. The van der Waals surface area contributed by atoms with E-state index in [1.165, 1.54) is 15.6 Å². The summed E-state index contributed by atoms with van der Waals surface area (Å²) in [6.07, 6.45) is 0. The van der Waals surface area contributed by atoms with Crippen LogP contribution in [0.4, 0.5) is 5.69 Å². The summed E-state index contributed by atoms with van der Waals surface area (Å²) in [5.74, 6) is -0.0699. The van der Waals surface area contributed by atoms with Gasteiger partial charge < -0.3 is 5.32 Å². The third-order valence-electron chi connectivity index (χ3n) is 3.36. The Balaban J connectivity index is 2.37. The molecular weight excluding hydrogens is 332 g/mol. The van der Waals surface area contributed by atoms with E-state index >= 15 is 0 Å². The molecule has 0 spiro atoms. The molecule has 0 atom stereocenters. The number of benzene rings is 1. The van der Waals surface area contributed by atoms with E-state index in [-0.39, 0.29) is 17.2 Å². The molecular formula is C16H22N2O3S2. The number of anilines is 1. The Morgan fingerprint density at radius 2 is 1.91 bits per heavy atom. The summed E-state index contributed by atoms with van der Waals surface area (Å²) in [6.45, 7) is 7.41. The number of fused-ring (bicyclic) bond motifs is 1. The van der Waals surface area contributed by atoms with E-state index in [0.29, 0.717) is 10.6 Å². The van der Waals surface area contributed by atoms with E-state index in [1.54, 1.807) is 32.2 Å². The molecule has 0 unspecified atom stereocenters. The number of nitrogens with zero attached hydrogens (tertiary/aromatic N) is 1. The molecule has 1 amide bonds. The molecule has 23 heavy (non-hydrogen) atoms. The Morgan fingerprint density at radius 1 is 1.26 bits per heavy atom. The van der Waals surface area contributed by atoms with Crippen LogP contribution in [0.15, 0.2) is 24.3 Å². The highest BCUT2D eigenvalue weighted by Crippen LogP contribution is 2.30. The van der Waals surface area contributed by atoms with Gasteiger partial charge in [0.05, 0.1) is 16.3 Å². The van der Waals surface area contributed by atoms with Gasteiger partial charge in [0.15, 0.2) is 0 Å². The predicted molar refractivity (Wildman–Crippen MR) is 96.9 cm³/mol. The number of sulfonamides is 1. The molecule has 2 aromatic rings. The van der Waals surface area contributed by atoms with Crippen molar-refractivity contribution in [3.05, 3.63) is 29.1 Å². The molecule has 7 heteroatoms. The minimum absolute atomic E-state index is 0.0460. The molecule has 1 heterocycles. The largest absolute Gasteiger partial charge is 0.347 e. The number of hydrogen-bond donors (Lipinski definition) is 1. The van der Waals surface area contributed by atoms with Crippen molar-refractivity contribution in [1.82, 2.24) is 5.32 Å². The Kier molecular flexibility index (Phi) is 4.73. The fourth-order valence-corrected chi connectivity index (χ4v) is 3.86. The van der Waals surface area contributed by atoms with Gasteiger partial charge in [-0.3, -0.25) is 9.10 Å². The normalized spacial score (nSPS) is 12.4. The van der Waals surface area contributed by atoms with Crippen molar-refractivity contribution >= 4 is 43.0 Å². The van der Waals surface area contributed by atoms with Gasteiger partial charge in [-0.25, -0.2) is 8.42 Å². The van der Waals surface area contributed by atoms with E-state index in [1.807, 2.05) is 26.8 Å². The standard InChI is InChI=1S/C16H22N2O3S2/c1-6-23(20,21)18(5)12-7-8-13-11(9-12)10-14(22-13)15(19)17-16(2,3)4/h7-10H,6H2,1-5H3,(H,17,19). The van der Waals surface area contributed by atoms with E-state index in [2.05, 4.69) is 5.32 Å². The van der Waals surface area contributed by atoms with Gasteiger partial charge in [-0.15, -0.1) is 11.3 Å². The smallest absolute Gasteiger partial charge is 0.261 e. The summed E-state index contributed by atoms with van der Waals surface area (Å²) in [7, 11) is -1.75. The minimum Gasteiger partial charge on any atom is -0.347 e. The van der Waals surface area contributed by atoms with Gasteiger partial charge >= 0.3 is 0 Å². The van der Waals surface area contributed by atoms with Crippen LogP contribution in [0.1, 0.15) is 37.4 Å². The van der Waals surface area contributed by atoms with Crippen molar-refractivity contribution in [1.29, 1.82) is 0 Å². The SMILES string of the molecule is CCS(=O)(=O)N(C)c1ccc2sc(C(=O)NC(C)(C)C)cc2c1. The molecule has 1 N–H and O–H groups in total.